The van der Waals surface area contributed by atoms with E-state index in [0.717, 1.165) is 11.1 Å². The average molecular weight is 375 g/mol. The summed E-state index contributed by atoms with van der Waals surface area (Å²) in [5.41, 5.74) is 1.54. The van der Waals surface area contributed by atoms with Gasteiger partial charge < -0.3 is 4.90 Å². The van der Waals surface area contributed by atoms with Crippen molar-refractivity contribution >= 4 is 15.9 Å². The van der Waals surface area contributed by atoms with Crippen molar-refractivity contribution in [3.8, 4) is 0 Å². The third kappa shape index (κ3) is 5.16. The summed E-state index contributed by atoms with van der Waals surface area (Å²) < 4.78 is 27.7. The molecule has 2 aromatic carbocycles. The van der Waals surface area contributed by atoms with Crippen molar-refractivity contribution in [1.29, 1.82) is 0 Å². The van der Waals surface area contributed by atoms with Gasteiger partial charge in [-0.05, 0) is 51.0 Å². The van der Waals surface area contributed by atoms with Crippen molar-refractivity contribution in [2.45, 2.75) is 44.7 Å². The number of aryl methyl sites for hydroxylation is 1. The zero-order chi connectivity index (χ0) is 19.5. The van der Waals surface area contributed by atoms with Gasteiger partial charge in [0.1, 0.15) is 0 Å². The van der Waals surface area contributed by atoms with Crippen LogP contribution in [0.1, 0.15) is 42.3 Å². The molecule has 26 heavy (non-hydrogen) atoms. The lowest BCUT2D eigenvalue weighted by Gasteiger charge is -2.22. The van der Waals surface area contributed by atoms with Gasteiger partial charge in [-0.15, -0.1) is 0 Å². The van der Waals surface area contributed by atoms with Gasteiger partial charge in [0, 0.05) is 24.7 Å². The molecular weight excluding hydrogens is 348 g/mol. The molecule has 0 aliphatic carbocycles. The molecule has 0 heterocycles. The molecule has 0 aliphatic heterocycles. The minimum Gasteiger partial charge on any atom is -0.337 e. The Kier molecular flexibility index (Phi) is 5.88. The van der Waals surface area contributed by atoms with Crippen molar-refractivity contribution < 1.29 is 13.2 Å². The van der Waals surface area contributed by atoms with Crippen LogP contribution in [0, 0.1) is 6.92 Å². The first-order valence-corrected chi connectivity index (χ1v) is 9.92. The first-order chi connectivity index (χ1) is 12.0. The normalized spacial score (nSPS) is 12.0. The summed E-state index contributed by atoms with van der Waals surface area (Å²) in [5, 5.41) is 0. The lowest BCUT2D eigenvalue weighted by atomic mass is 10.1. The van der Waals surface area contributed by atoms with Gasteiger partial charge in [-0.3, -0.25) is 4.79 Å². The summed E-state index contributed by atoms with van der Waals surface area (Å²) in [5.74, 6) is -0.209. The molecule has 0 aliphatic rings. The number of hydrogen-bond donors (Lipinski definition) is 1. The van der Waals surface area contributed by atoms with Crippen LogP contribution in [-0.4, -0.2) is 31.8 Å². The van der Waals surface area contributed by atoms with E-state index in [1.54, 1.807) is 45.7 Å². The Balaban J connectivity index is 2.30. The summed E-state index contributed by atoms with van der Waals surface area (Å²) in [4.78, 5) is 14.5. The van der Waals surface area contributed by atoms with Crippen molar-refractivity contribution in [2.75, 3.05) is 7.05 Å². The van der Waals surface area contributed by atoms with Crippen molar-refractivity contribution in [2.24, 2.45) is 0 Å². The lowest BCUT2D eigenvalue weighted by molar-refractivity contribution is 0.0784. The van der Waals surface area contributed by atoms with E-state index in [1.165, 1.54) is 12.1 Å². The molecule has 0 spiro atoms. The summed E-state index contributed by atoms with van der Waals surface area (Å²) >= 11 is 0. The van der Waals surface area contributed by atoms with Crippen LogP contribution in [0.2, 0.25) is 0 Å². The number of amides is 1. The predicted octanol–water partition coefficient (Wildman–Crippen LogP) is 3.34. The molecule has 0 radical (unpaired) electrons. The van der Waals surface area contributed by atoms with E-state index in [9.17, 15) is 13.2 Å². The third-order valence-corrected chi connectivity index (χ3v) is 5.56. The predicted molar refractivity (Wildman–Crippen MR) is 103 cm³/mol. The van der Waals surface area contributed by atoms with Crippen LogP contribution in [0.4, 0.5) is 0 Å². The molecule has 6 heteroatoms. The zero-order valence-electron chi connectivity index (χ0n) is 15.9. The van der Waals surface area contributed by atoms with Crippen LogP contribution < -0.4 is 4.72 Å². The fraction of sp³-hybridized carbons (Fsp3) is 0.350. The Morgan fingerprint density at radius 1 is 1.08 bits per heavy atom. The Morgan fingerprint density at radius 2 is 1.69 bits per heavy atom. The SMILES string of the molecule is Cc1ccc(S(=O)(=O)NC(C)(C)C)cc1C(=O)N(C)Cc1ccccc1. The average Bonchev–Trinajstić information content (AvgIpc) is 2.53. The number of sulfonamides is 1. The van der Waals surface area contributed by atoms with Gasteiger partial charge >= 0.3 is 0 Å². The molecule has 0 aromatic heterocycles. The van der Waals surface area contributed by atoms with Gasteiger partial charge in [0.15, 0.2) is 0 Å². The molecule has 1 N–H and O–H groups in total. The molecule has 0 saturated carbocycles. The smallest absolute Gasteiger partial charge is 0.254 e. The van der Waals surface area contributed by atoms with E-state index in [4.69, 9.17) is 0 Å². The topological polar surface area (TPSA) is 66.5 Å². The summed E-state index contributed by atoms with van der Waals surface area (Å²) in [6.45, 7) is 7.59. The first kappa shape index (κ1) is 20.1. The number of nitrogens with one attached hydrogen (secondary N) is 1. The van der Waals surface area contributed by atoms with Crippen LogP contribution in [-0.2, 0) is 16.6 Å². The highest BCUT2D eigenvalue weighted by Gasteiger charge is 2.24. The third-order valence-electron chi connectivity index (χ3n) is 3.80. The Bertz CT molecular complexity index is 885. The number of carbonyl (C=O) groups excluding carboxylic acids is 1. The quantitative estimate of drug-likeness (QED) is 0.873. The molecule has 2 aromatic rings. The van der Waals surface area contributed by atoms with Crippen molar-refractivity contribution in [1.82, 2.24) is 9.62 Å². The number of carbonyl (C=O) groups is 1. The minimum atomic E-state index is -3.70. The number of benzene rings is 2. The van der Waals surface area contributed by atoms with Crippen molar-refractivity contribution in [3.05, 3.63) is 65.2 Å². The minimum absolute atomic E-state index is 0.0921. The highest BCUT2D eigenvalue weighted by atomic mass is 32.2. The Hall–Kier alpha value is -2.18. The van der Waals surface area contributed by atoms with E-state index < -0.39 is 15.6 Å². The molecule has 1 amide bonds. The van der Waals surface area contributed by atoms with Gasteiger partial charge in [-0.25, -0.2) is 13.1 Å². The molecule has 0 atom stereocenters. The molecule has 0 bridgehead atoms. The molecule has 0 fully saturated rings. The maximum absolute atomic E-state index is 12.8. The van der Waals surface area contributed by atoms with Crippen LogP contribution in [0.3, 0.4) is 0 Å². The van der Waals surface area contributed by atoms with Gasteiger partial charge in [0.25, 0.3) is 5.91 Å². The second kappa shape index (κ2) is 7.60. The van der Waals surface area contributed by atoms with Gasteiger partial charge in [-0.2, -0.15) is 0 Å². The standard InChI is InChI=1S/C20H26N2O3S/c1-15-11-12-17(26(24,25)21-20(2,3)4)13-18(15)19(23)22(5)14-16-9-7-6-8-10-16/h6-13,21H,14H2,1-5H3. The first-order valence-electron chi connectivity index (χ1n) is 8.44. The van der Waals surface area contributed by atoms with Crippen LogP contribution in [0.25, 0.3) is 0 Å². The Labute approximate surface area is 156 Å². The van der Waals surface area contributed by atoms with Crippen LogP contribution >= 0.6 is 0 Å². The van der Waals surface area contributed by atoms with Crippen LogP contribution in [0.5, 0.6) is 0 Å². The van der Waals surface area contributed by atoms with Gasteiger partial charge in [-0.1, -0.05) is 36.4 Å². The monoisotopic (exact) mass is 374 g/mol. The molecule has 0 saturated heterocycles. The van der Waals surface area contributed by atoms with E-state index in [1.807, 2.05) is 30.3 Å². The molecular formula is C20H26N2O3S. The zero-order valence-corrected chi connectivity index (χ0v) is 16.7. The maximum Gasteiger partial charge on any atom is 0.254 e. The number of nitrogens with zero attached hydrogens (tertiary/aromatic N) is 1. The van der Waals surface area contributed by atoms with E-state index in [2.05, 4.69) is 4.72 Å². The highest BCUT2D eigenvalue weighted by molar-refractivity contribution is 7.89. The molecule has 2 rings (SSSR count). The van der Waals surface area contributed by atoms with Gasteiger partial charge in [0.05, 0.1) is 4.90 Å². The molecule has 5 nitrogen and oxygen atoms in total. The van der Waals surface area contributed by atoms with E-state index >= 15 is 0 Å². The lowest BCUT2D eigenvalue weighted by Crippen LogP contribution is -2.40. The molecule has 140 valence electrons. The summed E-state index contributed by atoms with van der Waals surface area (Å²) in [7, 11) is -1.98. The fourth-order valence-electron chi connectivity index (χ4n) is 2.60. The van der Waals surface area contributed by atoms with E-state index in [-0.39, 0.29) is 10.8 Å². The number of hydrogen-bond acceptors (Lipinski definition) is 3. The number of rotatable bonds is 5. The summed E-state index contributed by atoms with van der Waals surface area (Å²) in [6, 6.07) is 14.3. The highest BCUT2D eigenvalue weighted by Crippen LogP contribution is 2.19. The largest absolute Gasteiger partial charge is 0.337 e. The van der Waals surface area contributed by atoms with E-state index in [0.29, 0.717) is 12.1 Å². The maximum atomic E-state index is 12.8. The van der Waals surface area contributed by atoms with Crippen LogP contribution in [0.15, 0.2) is 53.4 Å². The Morgan fingerprint density at radius 3 is 2.27 bits per heavy atom. The second-order valence-electron chi connectivity index (χ2n) is 7.48. The second-order valence-corrected chi connectivity index (χ2v) is 9.16. The molecule has 0 unspecified atom stereocenters. The van der Waals surface area contributed by atoms with Gasteiger partial charge in [0.2, 0.25) is 10.0 Å². The fourth-order valence-corrected chi connectivity index (χ4v) is 4.04. The van der Waals surface area contributed by atoms with Crippen molar-refractivity contribution in [3.63, 3.8) is 0 Å². The summed E-state index contributed by atoms with van der Waals surface area (Å²) in [6.07, 6.45) is 0.